The molecule has 0 radical (unpaired) electrons. The molecule has 0 fully saturated rings. The highest BCUT2D eigenvalue weighted by molar-refractivity contribution is 6.07. The van der Waals surface area contributed by atoms with Crippen LogP contribution in [0.25, 0.3) is 0 Å². The second-order valence-electron chi connectivity index (χ2n) is 3.84. The summed E-state index contributed by atoms with van der Waals surface area (Å²) in [4.78, 5) is 13.6. The van der Waals surface area contributed by atoms with Gasteiger partial charge in [-0.15, -0.1) is 0 Å². The van der Waals surface area contributed by atoms with E-state index in [1.165, 1.54) is 26.4 Å². The number of ketones is 1. The molecular weight excluding hydrogens is 234 g/mol. The maximum absolute atomic E-state index is 11.9. The standard InChI is InChI=1S/C13H17NO4/c1-14(2)8-7-10(15)9-5-6-11(17-3)13(18-4)12(9)16/h5-8,16H,1-4H3/b8-7+. The molecule has 0 saturated heterocycles. The van der Waals surface area contributed by atoms with Gasteiger partial charge in [-0.3, -0.25) is 4.79 Å². The Labute approximate surface area is 106 Å². The van der Waals surface area contributed by atoms with Crippen molar-refractivity contribution < 1.29 is 19.4 Å². The van der Waals surface area contributed by atoms with Crippen LogP contribution in [-0.4, -0.2) is 44.1 Å². The lowest BCUT2D eigenvalue weighted by Crippen LogP contribution is -2.04. The van der Waals surface area contributed by atoms with Crippen molar-refractivity contribution in [1.29, 1.82) is 0 Å². The summed E-state index contributed by atoms with van der Waals surface area (Å²) in [6.07, 6.45) is 2.99. The third-order valence-corrected chi connectivity index (χ3v) is 2.31. The number of rotatable bonds is 5. The maximum atomic E-state index is 11.9. The van der Waals surface area contributed by atoms with E-state index in [0.29, 0.717) is 5.75 Å². The number of carbonyl (C=O) groups excluding carboxylic acids is 1. The minimum absolute atomic E-state index is 0.154. The monoisotopic (exact) mass is 251 g/mol. The number of phenols is 1. The van der Waals surface area contributed by atoms with E-state index >= 15 is 0 Å². The predicted molar refractivity (Wildman–Crippen MR) is 68.4 cm³/mol. The molecule has 0 saturated carbocycles. The first-order valence-electron chi connectivity index (χ1n) is 5.34. The van der Waals surface area contributed by atoms with Crippen LogP contribution in [0.4, 0.5) is 0 Å². The summed E-state index contributed by atoms with van der Waals surface area (Å²) in [5.41, 5.74) is 0.172. The van der Waals surface area contributed by atoms with Crippen LogP contribution >= 0.6 is 0 Å². The number of phenolic OH excluding ortho intramolecular Hbond substituents is 1. The second kappa shape index (κ2) is 5.95. The van der Waals surface area contributed by atoms with Gasteiger partial charge in [-0.1, -0.05) is 0 Å². The van der Waals surface area contributed by atoms with Crippen molar-refractivity contribution in [3.63, 3.8) is 0 Å². The molecule has 0 spiro atoms. The van der Waals surface area contributed by atoms with Crippen LogP contribution in [0.15, 0.2) is 24.4 Å². The average molecular weight is 251 g/mol. The summed E-state index contributed by atoms with van der Waals surface area (Å²) >= 11 is 0. The number of aromatic hydroxyl groups is 1. The molecule has 5 nitrogen and oxygen atoms in total. The Kier molecular flexibility index (Phi) is 4.59. The number of methoxy groups -OCH3 is 2. The molecule has 0 aliphatic heterocycles. The number of carbonyl (C=O) groups is 1. The van der Waals surface area contributed by atoms with E-state index in [0.717, 1.165) is 0 Å². The summed E-state index contributed by atoms with van der Waals surface area (Å²) < 4.78 is 10.0. The summed E-state index contributed by atoms with van der Waals surface area (Å²) in [6.45, 7) is 0. The maximum Gasteiger partial charge on any atom is 0.203 e. The molecule has 0 bridgehead atoms. The lowest BCUT2D eigenvalue weighted by atomic mass is 10.1. The number of hydrogen-bond acceptors (Lipinski definition) is 5. The van der Waals surface area contributed by atoms with E-state index < -0.39 is 0 Å². The van der Waals surface area contributed by atoms with Gasteiger partial charge in [0, 0.05) is 26.4 Å². The molecule has 98 valence electrons. The number of allylic oxidation sites excluding steroid dienone is 1. The Morgan fingerprint density at radius 1 is 1.28 bits per heavy atom. The summed E-state index contributed by atoms with van der Waals surface area (Å²) in [5.74, 6) is 0.0113. The first kappa shape index (κ1) is 13.9. The van der Waals surface area contributed by atoms with Gasteiger partial charge in [0.25, 0.3) is 0 Å². The van der Waals surface area contributed by atoms with E-state index in [2.05, 4.69) is 0 Å². The van der Waals surface area contributed by atoms with E-state index in [4.69, 9.17) is 9.47 Å². The Morgan fingerprint density at radius 3 is 2.44 bits per heavy atom. The van der Waals surface area contributed by atoms with Gasteiger partial charge in [-0.05, 0) is 12.1 Å². The van der Waals surface area contributed by atoms with Gasteiger partial charge < -0.3 is 19.5 Å². The average Bonchev–Trinajstić information content (AvgIpc) is 2.35. The first-order valence-corrected chi connectivity index (χ1v) is 5.34. The number of nitrogens with zero attached hydrogens (tertiary/aromatic N) is 1. The van der Waals surface area contributed by atoms with Gasteiger partial charge >= 0.3 is 0 Å². The van der Waals surface area contributed by atoms with Crippen molar-refractivity contribution in [3.8, 4) is 17.2 Å². The van der Waals surface area contributed by atoms with Gasteiger partial charge in [0.1, 0.15) is 0 Å². The molecule has 18 heavy (non-hydrogen) atoms. The summed E-state index contributed by atoms with van der Waals surface area (Å²) in [7, 11) is 6.47. The van der Waals surface area contributed by atoms with E-state index in [9.17, 15) is 9.90 Å². The number of ether oxygens (including phenoxy) is 2. The molecule has 0 unspecified atom stereocenters. The molecular formula is C13H17NO4. The van der Waals surface area contributed by atoms with E-state index in [1.807, 2.05) is 0 Å². The summed E-state index contributed by atoms with van der Waals surface area (Å²) in [5, 5.41) is 9.96. The normalized spacial score (nSPS) is 10.4. The molecule has 0 atom stereocenters. The lowest BCUT2D eigenvalue weighted by Gasteiger charge is -2.11. The van der Waals surface area contributed by atoms with Crippen molar-refractivity contribution in [1.82, 2.24) is 4.90 Å². The molecule has 5 heteroatoms. The number of benzene rings is 1. The zero-order valence-corrected chi connectivity index (χ0v) is 10.9. The topological polar surface area (TPSA) is 59.0 Å². The third kappa shape index (κ3) is 2.94. The molecule has 1 N–H and O–H groups in total. The van der Waals surface area contributed by atoms with Gasteiger partial charge in [0.05, 0.1) is 19.8 Å². The molecule has 0 aliphatic carbocycles. The van der Waals surface area contributed by atoms with Gasteiger partial charge in [-0.2, -0.15) is 0 Å². The smallest absolute Gasteiger partial charge is 0.203 e. The minimum atomic E-state index is -0.304. The minimum Gasteiger partial charge on any atom is -0.504 e. The van der Waals surface area contributed by atoms with Crippen LogP contribution in [0.2, 0.25) is 0 Å². The predicted octanol–water partition coefficient (Wildman–Crippen LogP) is 1.67. The molecule has 0 aromatic heterocycles. The molecule has 1 aromatic carbocycles. The molecule has 1 aromatic rings. The fourth-order valence-electron chi connectivity index (χ4n) is 1.42. The Balaban J connectivity index is 3.15. The molecule has 1 rings (SSSR count). The highest BCUT2D eigenvalue weighted by Crippen LogP contribution is 2.39. The first-order chi connectivity index (χ1) is 8.51. The van der Waals surface area contributed by atoms with Crippen LogP contribution in [0.1, 0.15) is 10.4 Å². The Hall–Kier alpha value is -2.17. The zero-order chi connectivity index (χ0) is 13.7. The third-order valence-electron chi connectivity index (χ3n) is 2.31. The van der Waals surface area contributed by atoms with Gasteiger partial charge in [0.2, 0.25) is 5.75 Å². The van der Waals surface area contributed by atoms with E-state index in [-0.39, 0.29) is 22.8 Å². The lowest BCUT2D eigenvalue weighted by molar-refractivity contribution is 0.104. The largest absolute Gasteiger partial charge is 0.504 e. The zero-order valence-electron chi connectivity index (χ0n) is 10.9. The summed E-state index contributed by atoms with van der Waals surface area (Å²) in [6, 6.07) is 3.08. The molecule has 0 amide bonds. The molecule has 0 aliphatic rings. The van der Waals surface area contributed by atoms with Crippen molar-refractivity contribution in [2.75, 3.05) is 28.3 Å². The quantitative estimate of drug-likeness (QED) is 0.637. The Morgan fingerprint density at radius 2 is 1.94 bits per heavy atom. The van der Waals surface area contributed by atoms with Crippen LogP contribution < -0.4 is 9.47 Å². The van der Waals surface area contributed by atoms with Crippen LogP contribution in [0.3, 0.4) is 0 Å². The van der Waals surface area contributed by atoms with Crippen molar-refractivity contribution in [2.24, 2.45) is 0 Å². The van der Waals surface area contributed by atoms with Crippen molar-refractivity contribution in [2.45, 2.75) is 0 Å². The highest BCUT2D eigenvalue weighted by Gasteiger charge is 2.17. The fourth-order valence-corrected chi connectivity index (χ4v) is 1.42. The van der Waals surface area contributed by atoms with Crippen LogP contribution in [0, 0.1) is 0 Å². The highest BCUT2D eigenvalue weighted by atomic mass is 16.5. The second-order valence-corrected chi connectivity index (χ2v) is 3.84. The Bertz CT molecular complexity index is 466. The van der Waals surface area contributed by atoms with Crippen LogP contribution in [0.5, 0.6) is 17.2 Å². The van der Waals surface area contributed by atoms with Gasteiger partial charge in [0.15, 0.2) is 17.3 Å². The van der Waals surface area contributed by atoms with Crippen LogP contribution in [-0.2, 0) is 0 Å². The fraction of sp³-hybridized carbons (Fsp3) is 0.308. The SMILES string of the molecule is COc1ccc(C(=O)/C=C/N(C)C)c(O)c1OC. The van der Waals surface area contributed by atoms with E-state index in [1.54, 1.807) is 31.3 Å². The number of hydrogen-bond donors (Lipinski definition) is 1. The van der Waals surface area contributed by atoms with Gasteiger partial charge in [-0.25, -0.2) is 0 Å². The molecule has 0 heterocycles. The van der Waals surface area contributed by atoms with Crippen molar-refractivity contribution in [3.05, 3.63) is 30.0 Å². The van der Waals surface area contributed by atoms with Crippen molar-refractivity contribution >= 4 is 5.78 Å².